The van der Waals surface area contributed by atoms with Gasteiger partial charge in [0.2, 0.25) is 0 Å². The number of fused-ring (bicyclic) bond motifs is 1. The highest BCUT2D eigenvalue weighted by molar-refractivity contribution is 7.14. The Bertz CT molecular complexity index is 1040. The van der Waals surface area contributed by atoms with Crippen molar-refractivity contribution in [2.75, 3.05) is 0 Å². The first-order valence-corrected chi connectivity index (χ1v) is 8.98. The van der Waals surface area contributed by atoms with Crippen LogP contribution in [0.3, 0.4) is 0 Å². The van der Waals surface area contributed by atoms with E-state index in [-0.39, 0.29) is 30.8 Å². The van der Waals surface area contributed by atoms with Gasteiger partial charge in [0.15, 0.2) is 5.78 Å². The fraction of sp³-hybridized carbons (Fsp3) is 0.263. The number of rotatable bonds is 6. The number of pyridine rings is 1. The van der Waals surface area contributed by atoms with Gasteiger partial charge in [-0.15, -0.1) is 11.3 Å². The summed E-state index contributed by atoms with van der Waals surface area (Å²) in [5.74, 6) is -0.560. The minimum absolute atomic E-state index is 0.00153. The van der Waals surface area contributed by atoms with E-state index >= 15 is 0 Å². The van der Waals surface area contributed by atoms with Crippen LogP contribution in [0.4, 0.5) is 0 Å². The van der Waals surface area contributed by atoms with Crippen LogP contribution in [-0.4, -0.2) is 21.1 Å². The number of hydrogen-bond donors (Lipinski definition) is 0. The Morgan fingerprint density at radius 1 is 1.15 bits per heavy atom. The highest BCUT2D eigenvalue weighted by atomic mass is 32.1. The molecule has 0 radical (unpaired) electrons. The number of esters is 1. The maximum Gasteiger partial charge on any atom is 0.306 e. The van der Waals surface area contributed by atoms with Crippen molar-refractivity contribution >= 4 is 28.7 Å². The molecule has 7 heteroatoms. The summed E-state index contributed by atoms with van der Waals surface area (Å²) in [4.78, 5) is 42.0. The van der Waals surface area contributed by atoms with Gasteiger partial charge in [-0.1, -0.05) is 6.07 Å². The number of carbonyl (C=O) groups excluding carboxylic acids is 2. The van der Waals surface area contributed by atoms with Crippen molar-refractivity contribution in [2.24, 2.45) is 0 Å². The van der Waals surface area contributed by atoms with Crippen LogP contribution < -0.4 is 5.56 Å². The molecule has 0 aliphatic rings. The minimum Gasteiger partial charge on any atom is -0.459 e. The Kier molecular flexibility index (Phi) is 5.27. The first-order chi connectivity index (χ1) is 12.4. The Morgan fingerprint density at radius 2 is 1.96 bits per heavy atom. The van der Waals surface area contributed by atoms with Crippen molar-refractivity contribution in [3.63, 3.8) is 0 Å². The van der Waals surface area contributed by atoms with E-state index in [1.807, 2.05) is 26.0 Å². The second-order valence-electron chi connectivity index (χ2n) is 6.01. The molecule has 0 unspecified atom stereocenters. The molecule has 0 saturated heterocycles. The van der Waals surface area contributed by atoms with Gasteiger partial charge in [0.25, 0.3) is 5.56 Å². The standard InChI is InChI=1S/C19H18N2O4S/c1-12-3-7-17-20-14(9-18(23)21(17)10-12)11-25-19(24)8-5-15(22)16-6-4-13(2)26-16/h3-4,6-7,9-10H,5,8,11H2,1-2H3. The molecule has 0 saturated carbocycles. The lowest BCUT2D eigenvalue weighted by atomic mass is 10.2. The molecule has 134 valence electrons. The number of ether oxygens (including phenoxy) is 1. The molecular weight excluding hydrogens is 352 g/mol. The average Bonchev–Trinajstić information content (AvgIpc) is 3.05. The van der Waals surface area contributed by atoms with Crippen LogP contribution >= 0.6 is 11.3 Å². The van der Waals surface area contributed by atoms with Crippen LogP contribution in [0.25, 0.3) is 5.65 Å². The monoisotopic (exact) mass is 370 g/mol. The van der Waals surface area contributed by atoms with Crippen LogP contribution in [0, 0.1) is 13.8 Å². The number of thiophene rings is 1. The third-order valence-electron chi connectivity index (χ3n) is 3.81. The zero-order valence-corrected chi connectivity index (χ0v) is 15.3. The number of Topliss-reactive ketones (excluding diaryl/α,β-unsaturated/α-hetero) is 1. The van der Waals surface area contributed by atoms with Crippen molar-refractivity contribution < 1.29 is 14.3 Å². The van der Waals surface area contributed by atoms with Gasteiger partial charge in [0.05, 0.1) is 17.0 Å². The van der Waals surface area contributed by atoms with Gasteiger partial charge in [-0.2, -0.15) is 0 Å². The maximum atomic E-state index is 12.1. The topological polar surface area (TPSA) is 77.7 Å². The molecule has 6 nitrogen and oxygen atoms in total. The van der Waals surface area contributed by atoms with Crippen LogP contribution in [0.15, 0.2) is 41.3 Å². The van der Waals surface area contributed by atoms with Crippen LogP contribution in [0.2, 0.25) is 0 Å². The van der Waals surface area contributed by atoms with E-state index < -0.39 is 5.97 Å². The summed E-state index contributed by atoms with van der Waals surface area (Å²) in [6.07, 6.45) is 1.81. The predicted molar refractivity (Wildman–Crippen MR) is 98.6 cm³/mol. The van der Waals surface area contributed by atoms with Gasteiger partial charge in [-0.05, 0) is 37.6 Å². The van der Waals surface area contributed by atoms with Crippen LogP contribution in [0.5, 0.6) is 0 Å². The second-order valence-corrected chi connectivity index (χ2v) is 7.30. The fourth-order valence-electron chi connectivity index (χ4n) is 2.48. The summed E-state index contributed by atoms with van der Waals surface area (Å²) in [6.45, 7) is 3.72. The van der Waals surface area contributed by atoms with Crippen molar-refractivity contribution in [2.45, 2.75) is 33.3 Å². The van der Waals surface area contributed by atoms with Crippen molar-refractivity contribution in [1.82, 2.24) is 9.38 Å². The summed E-state index contributed by atoms with van der Waals surface area (Å²) in [6, 6.07) is 8.59. The van der Waals surface area contributed by atoms with Crippen molar-refractivity contribution in [3.8, 4) is 0 Å². The molecule has 3 heterocycles. The summed E-state index contributed by atoms with van der Waals surface area (Å²) < 4.78 is 6.60. The van der Waals surface area contributed by atoms with Gasteiger partial charge in [-0.3, -0.25) is 18.8 Å². The lowest BCUT2D eigenvalue weighted by Crippen LogP contribution is -2.17. The molecule has 0 atom stereocenters. The lowest BCUT2D eigenvalue weighted by molar-refractivity contribution is -0.145. The Balaban J connectivity index is 1.57. The fourth-order valence-corrected chi connectivity index (χ4v) is 3.32. The SMILES string of the molecule is Cc1ccc2nc(COC(=O)CCC(=O)c3ccc(C)s3)cc(=O)n2c1. The molecule has 3 rings (SSSR count). The second kappa shape index (κ2) is 7.61. The quantitative estimate of drug-likeness (QED) is 0.492. The minimum atomic E-state index is -0.488. The van der Waals surface area contributed by atoms with Crippen LogP contribution in [0.1, 0.15) is 38.6 Å². The highest BCUT2D eigenvalue weighted by Crippen LogP contribution is 2.17. The van der Waals surface area contributed by atoms with E-state index in [1.54, 1.807) is 18.3 Å². The summed E-state index contributed by atoms with van der Waals surface area (Å²) in [7, 11) is 0. The average molecular weight is 370 g/mol. The molecule has 3 aromatic heterocycles. The first-order valence-electron chi connectivity index (χ1n) is 8.16. The van der Waals surface area contributed by atoms with Gasteiger partial charge in [-0.25, -0.2) is 4.98 Å². The first kappa shape index (κ1) is 18.0. The number of hydrogen-bond acceptors (Lipinski definition) is 6. The third-order valence-corrected chi connectivity index (χ3v) is 4.85. The zero-order valence-electron chi connectivity index (χ0n) is 14.5. The van der Waals surface area contributed by atoms with E-state index in [2.05, 4.69) is 4.98 Å². The largest absolute Gasteiger partial charge is 0.459 e. The number of carbonyl (C=O) groups is 2. The van der Waals surface area contributed by atoms with E-state index in [0.717, 1.165) is 10.4 Å². The molecule has 26 heavy (non-hydrogen) atoms. The van der Waals surface area contributed by atoms with Gasteiger partial charge in [0, 0.05) is 23.6 Å². The predicted octanol–water partition coefficient (Wildman–Crippen LogP) is 3.08. The Hall–Kier alpha value is -2.80. The van der Waals surface area contributed by atoms with Gasteiger partial charge >= 0.3 is 5.97 Å². The maximum absolute atomic E-state index is 12.1. The van der Waals surface area contributed by atoms with Crippen LogP contribution in [-0.2, 0) is 16.1 Å². The lowest BCUT2D eigenvalue weighted by Gasteiger charge is -2.06. The molecule has 0 aliphatic carbocycles. The molecule has 3 aromatic rings. The summed E-state index contributed by atoms with van der Waals surface area (Å²) in [5.41, 5.74) is 1.60. The Morgan fingerprint density at radius 3 is 2.69 bits per heavy atom. The zero-order chi connectivity index (χ0) is 18.7. The molecular formula is C19H18N2O4S. The van der Waals surface area contributed by atoms with Gasteiger partial charge < -0.3 is 4.74 Å². The number of aryl methyl sites for hydroxylation is 2. The third kappa shape index (κ3) is 4.23. The summed E-state index contributed by atoms with van der Waals surface area (Å²) >= 11 is 1.41. The smallest absolute Gasteiger partial charge is 0.306 e. The molecule has 0 aliphatic heterocycles. The van der Waals surface area contributed by atoms with E-state index in [1.165, 1.54) is 21.8 Å². The normalized spacial score (nSPS) is 10.8. The number of nitrogens with zero attached hydrogens (tertiary/aromatic N) is 2. The van der Waals surface area contributed by atoms with E-state index in [9.17, 15) is 14.4 Å². The van der Waals surface area contributed by atoms with E-state index in [0.29, 0.717) is 16.2 Å². The van der Waals surface area contributed by atoms with E-state index in [4.69, 9.17) is 4.74 Å². The molecule has 0 aromatic carbocycles. The van der Waals surface area contributed by atoms with Crippen molar-refractivity contribution in [3.05, 3.63) is 67.9 Å². The highest BCUT2D eigenvalue weighted by Gasteiger charge is 2.12. The number of aromatic nitrogens is 2. The van der Waals surface area contributed by atoms with Crippen molar-refractivity contribution in [1.29, 1.82) is 0 Å². The molecule has 0 amide bonds. The summed E-state index contributed by atoms with van der Waals surface area (Å²) in [5, 5.41) is 0. The molecule has 0 fully saturated rings. The number of ketones is 1. The van der Waals surface area contributed by atoms with Gasteiger partial charge in [0.1, 0.15) is 12.3 Å². The Labute approximate surface area is 154 Å². The molecule has 0 bridgehead atoms. The molecule has 0 spiro atoms. The molecule has 0 N–H and O–H groups in total.